The van der Waals surface area contributed by atoms with Crippen molar-refractivity contribution in [3.8, 4) is 0 Å². The third kappa shape index (κ3) is 3.57. The van der Waals surface area contributed by atoms with Gasteiger partial charge in [-0.1, -0.05) is 78.9 Å². The first-order chi connectivity index (χ1) is 13.2. The number of benzene rings is 3. The van der Waals surface area contributed by atoms with E-state index < -0.39 is 5.92 Å². The van der Waals surface area contributed by atoms with Gasteiger partial charge in [-0.15, -0.1) is 11.6 Å². The molecule has 1 aliphatic rings. The number of carbonyl (C=O) groups is 2. The molecule has 4 heteroatoms. The van der Waals surface area contributed by atoms with Gasteiger partial charge >= 0.3 is 17.1 Å². The second-order valence-electron chi connectivity index (χ2n) is 6.55. The van der Waals surface area contributed by atoms with Crippen molar-refractivity contribution in [1.29, 1.82) is 0 Å². The Kier molecular flexibility index (Phi) is 5.93. The van der Waals surface area contributed by atoms with Crippen LogP contribution in [0.4, 0.5) is 5.69 Å². The Hall–Kier alpha value is -2.94. The van der Waals surface area contributed by atoms with Crippen molar-refractivity contribution in [2.75, 3.05) is 4.90 Å². The molecule has 0 aromatic heterocycles. The number of para-hydroxylation sites is 1. The fraction of sp³-hybridized carbons (Fsp3) is 0.0833. The van der Waals surface area contributed by atoms with Crippen LogP contribution in [0, 0.1) is 12.5 Å². The van der Waals surface area contributed by atoms with Crippen LogP contribution in [0.2, 0.25) is 0 Å². The summed E-state index contributed by atoms with van der Waals surface area (Å²) in [4.78, 5) is 28.1. The number of rotatable bonds is 4. The van der Waals surface area contributed by atoms with Crippen molar-refractivity contribution in [2.24, 2.45) is 5.92 Å². The van der Waals surface area contributed by atoms with Crippen LogP contribution in [0.1, 0.15) is 21.5 Å². The number of ketones is 1. The summed E-state index contributed by atoms with van der Waals surface area (Å²) in [5.41, 5.74) is 3.27. The monoisotopic (exact) mass is 415 g/mol. The Morgan fingerprint density at radius 2 is 1.43 bits per heavy atom. The van der Waals surface area contributed by atoms with E-state index in [1.54, 1.807) is 29.2 Å². The number of nitrogens with zero attached hydrogens (tertiary/aromatic N) is 1. The van der Waals surface area contributed by atoms with Crippen LogP contribution in [0.5, 0.6) is 0 Å². The van der Waals surface area contributed by atoms with Crippen LogP contribution in [-0.4, -0.2) is 11.7 Å². The largest absolute Gasteiger partial charge is 1.00 e. The SMILES string of the molecule is [CH-]=C1c2ccccc2N(Cc2ccccc2)C(=O)C1C(=O)c1ccccc1.[Cu+]. The molecule has 1 amide bonds. The number of amides is 1. The molecule has 0 N–H and O–H groups in total. The average molecular weight is 416 g/mol. The smallest absolute Gasteiger partial charge is 0.324 e. The summed E-state index contributed by atoms with van der Waals surface area (Å²) in [6.45, 7) is 6.71. The van der Waals surface area contributed by atoms with Gasteiger partial charge in [0.25, 0.3) is 0 Å². The van der Waals surface area contributed by atoms with E-state index >= 15 is 0 Å². The normalized spacial score (nSPS) is 15.6. The van der Waals surface area contributed by atoms with Gasteiger partial charge in [0.2, 0.25) is 5.91 Å². The Balaban J connectivity index is 0.00000225. The van der Waals surface area contributed by atoms with Gasteiger partial charge < -0.3 is 4.90 Å². The van der Waals surface area contributed by atoms with Gasteiger partial charge in [-0.2, -0.15) is 5.57 Å². The molecule has 1 aliphatic heterocycles. The molecule has 1 unspecified atom stereocenters. The first kappa shape index (κ1) is 19.8. The molecule has 3 aromatic rings. The van der Waals surface area contributed by atoms with Crippen LogP contribution >= 0.6 is 0 Å². The summed E-state index contributed by atoms with van der Waals surface area (Å²) in [6.07, 6.45) is 0. The van der Waals surface area contributed by atoms with Gasteiger partial charge in [0.1, 0.15) is 0 Å². The molecule has 0 fully saturated rings. The summed E-state index contributed by atoms with van der Waals surface area (Å²) >= 11 is 0. The van der Waals surface area contributed by atoms with Crippen LogP contribution in [0.15, 0.2) is 84.9 Å². The Morgan fingerprint density at radius 3 is 2.11 bits per heavy atom. The van der Waals surface area contributed by atoms with Crippen LogP contribution in [0.3, 0.4) is 0 Å². The molecule has 3 aromatic carbocycles. The van der Waals surface area contributed by atoms with Crippen LogP contribution in [0.25, 0.3) is 5.57 Å². The molecule has 0 saturated carbocycles. The summed E-state index contributed by atoms with van der Waals surface area (Å²) < 4.78 is 0. The zero-order valence-electron chi connectivity index (χ0n) is 15.0. The van der Waals surface area contributed by atoms with E-state index in [1.165, 1.54) is 0 Å². The predicted molar refractivity (Wildman–Crippen MR) is 106 cm³/mol. The molecule has 3 nitrogen and oxygen atoms in total. The number of Topliss-reactive ketones (excluding diaryl/α,β-unsaturated/α-hetero) is 1. The zero-order chi connectivity index (χ0) is 18.8. The van der Waals surface area contributed by atoms with Gasteiger partial charge in [-0.3, -0.25) is 16.2 Å². The summed E-state index contributed by atoms with van der Waals surface area (Å²) in [5, 5.41) is 0. The standard InChI is InChI=1S/C24H18NO2.Cu/c1-17-20-14-8-9-15-21(20)25(16-18-10-4-2-5-11-18)24(27)22(17)23(26)19-12-6-3-7-13-19;/h1-15,22H,16H2;/q-1;+1. The van der Waals surface area contributed by atoms with E-state index in [2.05, 4.69) is 0 Å². The number of carbonyl (C=O) groups excluding carboxylic acids is 2. The van der Waals surface area contributed by atoms with E-state index in [0.29, 0.717) is 17.7 Å². The molecule has 4 rings (SSSR count). The fourth-order valence-electron chi connectivity index (χ4n) is 3.47. The second kappa shape index (κ2) is 8.39. The molecule has 142 valence electrons. The quantitative estimate of drug-likeness (QED) is 0.271. The van der Waals surface area contributed by atoms with Gasteiger partial charge in [-0.05, 0) is 11.3 Å². The molecule has 0 radical (unpaired) electrons. The summed E-state index contributed by atoms with van der Waals surface area (Å²) in [7, 11) is 0. The van der Waals surface area contributed by atoms with Crippen molar-refractivity contribution in [2.45, 2.75) is 6.54 Å². The minimum Gasteiger partial charge on any atom is -0.324 e. The molecule has 1 heterocycles. The molecular formula is C24H18CuNO2. The van der Waals surface area contributed by atoms with Crippen molar-refractivity contribution in [1.82, 2.24) is 0 Å². The van der Waals surface area contributed by atoms with Gasteiger partial charge in [0.05, 0.1) is 5.92 Å². The molecule has 0 spiro atoms. The van der Waals surface area contributed by atoms with Gasteiger partial charge in [0, 0.05) is 12.1 Å². The molecule has 0 saturated heterocycles. The minimum atomic E-state index is -1.01. The summed E-state index contributed by atoms with van der Waals surface area (Å²) in [5.74, 6) is -1.57. The van der Waals surface area contributed by atoms with Gasteiger partial charge in [-0.25, -0.2) is 0 Å². The van der Waals surface area contributed by atoms with Gasteiger partial charge in [0.15, 0.2) is 5.78 Å². The maximum Gasteiger partial charge on any atom is 1.00 e. The Labute approximate surface area is 175 Å². The molecular weight excluding hydrogens is 398 g/mol. The topological polar surface area (TPSA) is 37.4 Å². The maximum absolute atomic E-state index is 13.3. The number of fused-ring (bicyclic) bond motifs is 1. The number of anilines is 1. The number of hydrogen-bond acceptors (Lipinski definition) is 2. The van der Waals surface area contributed by atoms with Crippen LogP contribution in [-0.2, 0) is 28.4 Å². The Morgan fingerprint density at radius 1 is 0.857 bits per heavy atom. The third-order valence-corrected chi connectivity index (χ3v) is 4.83. The minimum absolute atomic E-state index is 0. The van der Waals surface area contributed by atoms with Crippen molar-refractivity contribution < 1.29 is 26.7 Å². The van der Waals surface area contributed by atoms with Crippen molar-refractivity contribution >= 4 is 23.0 Å². The molecule has 0 bridgehead atoms. The third-order valence-electron chi connectivity index (χ3n) is 4.83. The van der Waals surface area contributed by atoms with E-state index in [0.717, 1.165) is 16.8 Å². The maximum atomic E-state index is 13.3. The van der Waals surface area contributed by atoms with E-state index in [1.807, 2.05) is 60.7 Å². The number of hydrogen-bond donors (Lipinski definition) is 0. The van der Waals surface area contributed by atoms with E-state index in [4.69, 9.17) is 6.58 Å². The second-order valence-corrected chi connectivity index (χ2v) is 6.55. The average Bonchev–Trinajstić information content (AvgIpc) is 2.72. The molecule has 28 heavy (non-hydrogen) atoms. The predicted octanol–water partition coefficient (Wildman–Crippen LogP) is 4.55. The molecule has 0 aliphatic carbocycles. The molecule has 1 atom stereocenters. The van der Waals surface area contributed by atoms with Crippen LogP contribution < -0.4 is 4.90 Å². The van der Waals surface area contributed by atoms with Crippen molar-refractivity contribution in [3.63, 3.8) is 0 Å². The van der Waals surface area contributed by atoms with E-state index in [-0.39, 0.29) is 28.8 Å². The summed E-state index contributed by atoms with van der Waals surface area (Å²) in [6, 6.07) is 26.0. The van der Waals surface area contributed by atoms with Crippen molar-refractivity contribution in [3.05, 3.63) is 108 Å². The first-order valence-electron chi connectivity index (χ1n) is 8.83. The first-order valence-corrected chi connectivity index (χ1v) is 8.83. The van der Waals surface area contributed by atoms with E-state index in [9.17, 15) is 9.59 Å². The fourth-order valence-corrected chi connectivity index (χ4v) is 3.47. The zero-order valence-corrected chi connectivity index (χ0v) is 16.0. The Bertz CT molecular complexity index is 1020.